The fourth-order valence-electron chi connectivity index (χ4n) is 2.30. The van der Waals surface area contributed by atoms with Gasteiger partial charge in [0.15, 0.2) is 0 Å². The number of hydrogen-bond donors (Lipinski definition) is 0. The molecular weight excluding hydrogens is 412 g/mol. The van der Waals surface area contributed by atoms with Crippen LogP contribution in [-0.4, -0.2) is 27.0 Å². The predicted octanol–water partition coefficient (Wildman–Crippen LogP) is 3.97. The molecule has 0 aromatic heterocycles. The summed E-state index contributed by atoms with van der Waals surface area (Å²) in [7, 11) is -2.72. The van der Waals surface area contributed by atoms with Gasteiger partial charge in [-0.3, -0.25) is 14.4 Å². The Morgan fingerprint density at radius 2 is 1.84 bits per heavy atom. The van der Waals surface area contributed by atoms with Gasteiger partial charge in [-0.25, -0.2) is 8.42 Å². The van der Waals surface area contributed by atoms with Gasteiger partial charge in [0.25, 0.3) is 15.7 Å². The number of benzene rings is 2. The number of nitro groups is 1. The number of anilines is 1. The van der Waals surface area contributed by atoms with Crippen LogP contribution in [0.15, 0.2) is 51.8 Å². The van der Waals surface area contributed by atoms with Gasteiger partial charge in [0, 0.05) is 23.2 Å². The first-order valence-electron chi connectivity index (χ1n) is 7.42. The van der Waals surface area contributed by atoms with Crippen LogP contribution in [0.1, 0.15) is 13.3 Å². The van der Waals surface area contributed by atoms with Crippen LogP contribution in [0.3, 0.4) is 0 Å². The van der Waals surface area contributed by atoms with Gasteiger partial charge in [0.05, 0.1) is 17.7 Å². The number of non-ortho nitro benzene ring substituents is 1. The number of hydrogen-bond acceptors (Lipinski definition) is 5. The molecule has 0 N–H and O–H groups in total. The lowest BCUT2D eigenvalue weighted by Gasteiger charge is -2.25. The maximum atomic E-state index is 13.2. The van der Waals surface area contributed by atoms with E-state index in [1.54, 1.807) is 24.3 Å². The molecule has 0 bridgehead atoms. The molecule has 9 heteroatoms. The summed E-state index contributed by atoms with van der Waals surface area (Å²) in [6.45, 7) is 2.09. The van der Waals surface area contributed by atoms with Gasteiger partial charge in [-0.2, -0.15) is 0 Å². The second-order valence-electron chi connectivity index (χ2n) is 5.15. The maximum absolute atomic E-state index is 13.2. The first kappa shape index (κ1) is 19.2. The van der Waals surface area contributed by atoms with Crippen molar-refractivity contribution in [2.75, 3.05) is 18.0 Å². The Morgan fingerprint density at radius 3 is 2.36 bits per heavy atom. The lowest BCUT2D eigenvalue weighted by atomic mass is 10.3. The number of rotatable bonds is 7. The van der Waals surface area contributed by atoms with E-state index in [4.69, 9.17) is 4.74 Å². The van der Waals surface area contributed by atoms with Crippen LogP contribution >= 0.6 is 15.9 Å². The van der Waals surface area contributed by atoms with Crippen molar-refractivity contribution in [3.8, 4) is 5.75 Å². The van der Waals surface area contributed by atoms with Crippen molar-refractivity contribution in [3.63, 3.8) is 0 Å². The fraction of sp³-hybridized carbons (Fsp3) is 0.250. The van der Waals surface area contributed by atoms with E-state index in [2.05, 4.69) is 15.9 Å². The van der Waals surface area contributed by atoms with Crippen LogP contribution in [0.25, 0.3) is 0 Å². The molecule has 0 heterocycles. The Morgan fingerprint density at radius 1 is 1.20 bits per heavy atom. The summed E-state index contributed by atoms with van der Waals surface area (Å²) in [4.78, 5) is 10.2. The second-order valence-corrected chi connectivity index (χ2v) is 7.89. The average Bonchev–Trinajstić information content (AvgIpc) is 2.59. The van der Waals surface area contributed by atoms with Crippen molar-refractivity contribution < 1.29 is 18.1 Å². The predicted molar refractivity (Wildman–Crippen MR) is 98.6 cm³/mol. The molecule has 7 nitrogen and oxygen atoms in total. The van der Waals surface area contributed by atoms with Crippen molar-refractivity contribution >= 4 is 37.3 Å². The highest BCUT2D eigenvalue weighted by molar-refractivity contribution is 9.10. The van der Waals surface area contributed by atoms with E-state index in [9.17, 15) is 18.5 Å². The summed E-state index contributed by atoms with van der Waals surface area (Å²) in [5.41, 5.74) is 0.158. The number of halogens is 1. The van der Waals surface area contributed by atoms with Gasteiger partial charge >= 0.3 is 0 Å². The van der Waals surface area contributed by atoms with Gasteiger partial charge < -0.3 is 4.74 Å². The summed E-state index contributed by atoms with van der Waals surface area (Å²) in [6.07, 6.45) is 0.576. The van der Waals surface area contributed by atoms with Gasteiger partial charge in [0.1, 0.15) is 10.6 Å². The van der Waals surface area contributed by atoms with Crippen molar-refractivity contribution in [2.45, 2.75) is 18.2 Å². The Bertz CT molecular complexity index is 869. The number of nitrogens with zero attached hydrogens (tertiary/aromatic N) is 2. The van der Waals surface area contributed by atoms with Gasteiger partial charge in [-0.1, -0.05) is 22.9 Å². The van der Waals surface area contributed by atoms with Crippen LogP contribution in [0.2, 0.25) is 0 Å². The maximum Gasteiger partial charge on any atom is 0.271 e. The highest BCUT2D eigenvalue weighted by Crippen LogP contribution is 2.33. The molecule has 2 aromatic rings. The zero-order chi connectivity index (χ0) is 18.6. The van der Waals surface area contributed by atoms with E-state index in [0.29, 0.717) is 12.1 Å². The van der Waals surface area contributed by atoms with Crippen LogP contribution in [0.5, 0.6) is 5.75 Å². The van der Waals surface area contributed by atoms with Crippen molar-refractivity contribution in [2.24, 2.45) is 0 Å². The van der Waals surface area contributed by atoms with Crippen LogP contribution in [0.4, 0.5) is 11.4 Å². The molecule has 0 spiro atoms. The Kier molecular flexibility index (Phi) is 6.02. The van der Waals surface area contributed by atoms with Gasteiger partial charge in [-0.15, -0.1) is 0 Å². The topological polar surface area (TPSA) is 89.8 Å². The largest absolute Gasteiger partial charge is 0.495 e. The number of ether oxygens (including phenoxy) is 1. The van der Waals surface area contributed by atoms with E-state index in [1.807, 2.05) is 6.92 Å². The first-order valence-corrected chi connectivity index (χ1v) is 9.65. The lowest BCUT2D eigenvalue weighted by molar-refractivity contribution is -0.385. The number of nitro benzene ring substituents is 1. The molecule has 0 amide bonds. The molecule has 0 atom stereocenters. The zero-order valence-corrected chi connectivity index (χ0v) is 16.1. The SMILES string of the molecule is CCCN(c1ccc(Br)cc1)S(=O)(=O)c1cc([N+](=O)[O-])ccc1OC. The third-order valence-electron chi connectivity index (χ3n) is 3.47. The van der Waals surface area contributed by atoms with Crippen molar-refractivity contribution in [1.82, 2.24) is 0 Å². The molecule has 2 aromatic carbocycles. The molecule has 0 fully saturated rings. The Hall–Kier alpha value is -2.13. The first-order chi connectivity index (χ1) is 11.8. The molecule has 0 unspecified atom stereocenters. The number of sulfonamides is 1. The minimum atomic E-state index is -4.04. The molecule has 0 aliphatic heterocycles. The molecule has 2 rings (SSSR count). The molecule has 0 aliphatic rings. The Balaban J connectivity index is 2.62. The van der Waals surface area contributed by atoms with Crippen LogP contribution in [-0.2, 0) is 10.0 Å². The molecule has 0 saturated heterocycles. The molecule has 134 valence electrons. The molecule has 0 radical (unpaired) electrons. The summed E-state index contributed by atoms with van der Waals surface area (Å²) < 4.78 is 33.5. The van der Waals surface area contributed by atoms with Gasteiger partial charge in [-0.05, 0) is 36.8 Å². The van der Waals surface area contributed by atoms with Crippen LogP contribution in [0, 0.1) is 10.1 Å². The molecule has 0 saturated carbocycles. The smallest absolute Gasteiger partial charge is 0.271 e. The molecule has 0 aliphatic carbocycles. The third-order valence-corrected chi connectivity index (χ3v) is 5.84. The minimum absolute atomic E-state index is 0.0591. The summed E-state index contributed by atoms with van der Waals surface area (Å²) in [5, 5.41) is 11.0. The van der Waals surface area contributed by atoms with Crippen molar-refractivity contribution in [3.05, 3.63) is 57.1 Å². The lowest BCUT2D eigenvalue weighted by Crippen LogP contribution is -2.32. The van der Waals surface area contributed by atoms with Crippen molar-refractivity contribution in [1.29, 1.82) is 0 Å². The zero-order valence-electron chi connectivity index (χ0n) is 13.7. The normalized spacial score (nSPS) is 11.2. The summed E-state index contributed by atoms with van der Waals surface area (Å²) in [6, 6.07) is 10.3. The van der Waals surface area contributed by atoms with E-state index in [0.717, 1.165) is 10.5 Å². The highest BCUT2D eigenvalue weighted by atomic mass is 79.9. The standard InChI is InChI=1S/C16H17BrN2O5S/c1-3-10-18(13-6-4-12(17)5-7-13)25(22,23)16-11-14(19(20)21)8-9-15(16)24-2/h4-9,11H,3,10H2,1-2H3. The van der Waals surface area contributed by atoms with E-state index < -0.39 is 14.9 Å². The molecule has 25 heavy (non-hydrogen) atoms. The Labute approximate surface area is 154 Å². The minimum Gasteiger partial charge on any atom is -0.495 e. The van der Waals surface area contributed by atoms with E-state index in [-0.39, 0.29) is 22.9 Å². The number of methoxy groups -OCH3 is 1. The average molecular weight is 429 g/mol. The van der Waals surface area contributed by atoms with E-state index in [1.165, 1.54) is 23.5 Å². The molecular formula is C16H17BrN2O5S. The fourth-order valence-corrected chi connectivity index (χ4v) is 4.30. The monoisotopic (exact) mass is 428 g/mol. The summed E-state index contributed by atoms with van der Waals surface area (Å²) in [5.74, 6) is 0.0591. The highest BCUT2D eigenvalue weighted by Gasteiger charge is 2.29. The van der Waals surface area contributed by atoms with E-state index >= 15 is 0 Å². The summed E-state index contributed by atoms with van der Waals surface area (Å²) >= 11 is 3.31. The van der Waals surface area contributed by atoms with Crippen LogP contribution < -0.4 is 9.04 Å². The van der Waals surface area contributed by atoms with Gasteiger partial charge in [0.2, 0.25) is 0 Å². The third kappa shape index (κ3) is 4.10. The second kappa shape index (κ2) is 7.83. The quantitative estimate of drug-likeness (QED) is 0.491.